The van der Waals surface area contributed by atoms with Crippen LogP contribution in [-0.4, -0.2) is 30.8 Å². The van der Waals surface area contributed by atoms with E-state index in [0.29, 0.717) is 6.04 Å². The summed E-state index contributed by atoms with van der Waals surface area (Å²) >= 11 is 1.80. The number of aryl methyl sites for hydroxylation is 2. The van der Waals surface area contributed by atoms with E-state index >= 15 is 0 Å². The molecular formula is C13H24N2OS. The van der Waals surface area contributed by atoms with E-state index in [1.807, 2.05) is 7.05 Å². The number of ether oxygens (including phenoxy) is 1. The van der Waals surface area contributed by atoms with Crippen LogP contribution in [0.2, 0.25) is 0 Å². The number of hydrogen-bond donors (Lipinski definition) is 1. The van der Waals surface area contributed by atoms with E-state index < -0.39 is 0 Å². The molecule has 0 aromatic carbocycles. The van der Waals surface area contributed by atoms with E-state index in [1.165, 1.54) is 9.88 Å². The van der Waals surface area contributed by atoms with Gasteiger partial charge in [0.05, 0.1) is 16.3 Å². The molecule has 0 saturated carbocycles. The van der Waals surface area contributed by atoms with Crippen LogP contribution in [0.1, 0.15) is 35.8 Å². The number of methoxy groups -OCH3 is 1. The van der Waals surface area contributed by atoms with Gasteiger partial charge in [-0.2, -0.15) is 0 Å². The third-order valence-corrected chi connectivity index (χ3v) is 4.29. The van der Waals surface area contributed by atoms with E-state index in [2.05, 4.69) is 38.0 Å². The highest BCUT2D eigenvalue weighted by Gasteiger charge is 2.23. The summed E-state index contributed by atoms with van der Waals surface area (Å²) in [6, 6.07) is 0.412. The average molecular weight is 256 g/mol. The van der Waals surface area contributed by atoms with Crippen LogP contribution >= 0.6 is 11.3 Å². The summed E-state index contributed by atoms with van der Waals surface area (Å²) in [5.74, 6) is 0. The maximum atomic E-state index is 5.48. The Morgan fingerprint density at radius 2 is 2.06 bits per heavy atom. The molecule has 1 aromatic heterocycles. The number of nitrogens with zero attached hydrogens (tertiary/aromatic N) is 1. The lowest BCUT2D eigenvalue weighted by atomic mass is 9.97. The second kappa shape index (κ2) is 5.94. The second-order valence-electron chi connectivity index (χ2n) is 5.11. The van der Waals surface area contributed by atoms with Gasteiger partial charge in [0.15, 0.2) is 0 Å². The van der Waals surface area contributed by atoms with Crippen LogP contribution < -0.4 is 5.32 Å². The van der Waals surface area contributed by atoms with Crippen molar-refractivity contribution in [1.82, 2.24) is 10.3 Å². The Hall–Kier alpha value is -0.450. The van der Waals surface area contributed by atoms with Gasteiger partial charge in [-0.1, -0.05) is 0 Å². The minimum Gasteiger partial charge on any atom is -0.379 e. The van der Waals surface area contributed by atoms with Gasteiger partial charge in [-0.25, -0.2) is 4.98 Å². The maximum absolute atomic E-state index is 5.48. The van der Waals surface area contributed by atoms with E-state index in [1.54, 1.807) is 18.4 Å². The molecule has 0 fully saturated rings. The van der Waals surface area contributed by atoms with Gasteiger partial charge in [0.2, 0.25) is 0 Å². The van der Waals surface area contributed by atoms with Crippen molar-refractivity contribution < 1.29 is 4.74 Å². The molecule has 0 aliphatic rings. The normalized spacial score (nSPS) is 14.0. The van der Waals surface area contributed by atoms with Crippen LogP contribution in [0.5, 0.6) is 0 Å². The first-order valence-corrected chi connectivity index (χ1v) is 6.85. The molecule has 1 aromatic rings. The SMILES string of the molecule is CNC(Cc1nc(C)c(C)s1)CC(C)(C)OC. The lowest BCUT2D eigenvalue weighted by Crippen LogP contribution is -2.37. The summed E-state index contributed by atoms with van der Waals surface area (Å²) in [6.07, 6.45) is 1.96. The largest absolute Gasteiger partial charge is 0.379 e. The van der Waals surface area contributed by atoms with Gasteiger partial charge in [0.25, 0.3) is 0 Å². The Bertz CT molecular complexity index is 341. The monoisotopic (exact) mass is 256 g/mol. The summed E-state index contributed by atoms with van der Waals surface area (Å²) in [7, 11) is 3.77. The van der Waals surface area contributed by atoms with Gasteiger partial charge < -0.3 is 10.1 Å². The molecule has 1 rings (SSSR count). The first-order chi connectivity index (χ1) is 7.88. The standard InChI is InChI=1S/C13H24N2OS/c1-9-10(2)17-12(15-9)7-11(14-5)8-13(3,4)16-6/h11,14H,7-8H2,1-6H3. The number of aromatic nitrogens is 1. The predicted molar refractivity (Wildman–Crippen MR) is 73.8 cm³/mol. The highest BCUT2D eigenvalue weighted by molar-refractivity contribution is 7.11. The van der Waals surface area contributed by atoms with Gasteiger partial charge in [-0.15, -0.1) is 11.3 Å². The molecule has 17 heavy (non-hydrogen) atoms. The molecule has 1 atom stereocenters. The van der Waals surface area contributed by atoms with Crippen LogP contribution in [0.3, 0.4) is 0 Å². The number of rotatable bonds is 6. The van der Waals surface area contributed by atoms with Crippen LogP contribution in [0.25, 0.3) is 0 Å². The summed E-state index contributed by atoms with van der Waals surface area (Å²) in [5, 5.41) is 4.57. The van der Waals surface area contributed by atoms with Crippen molar-refractivity contribution in [3.63, 3.8) is 0 Å². The van der Waals surface area contributed by atoms with Crippen LogP contribution in [-0.2, 0) is 11.2 Å². The zero-order chi connectivity index (χ0) is 13.1. The molecule has 3 nitrogen and oxygen atoms in total. The molecular weight excluding hydrogens is 232 g/mol. The highest BCUT2D eigenvalue weighted by atomic mass is 32.1. The van der Waals surface area contributed by atoms with E-state index in [4.69, 9.17) is 4.74 Å². The summed E-state index contributed by atoms with van der Waals surface area (Å²) < 4.78 is 5.48. The van der Waals surface area contributed by atoms with Crippen molar-refractivity contribution in [2.24, 2.45) is 0 Å². The van der Waals surface area contributed by atoms with Crippen molar-refractivity contribution in [3.8, 4) is 0 Å². The molecule has 1 heterocycles. The van der Waals surface area contributed by atoms with E-state index in [-0.39, 0.29) is 5.60 Å². The minimum absolute atomic E-state index is 0.0883. The third-order valence-electron chi connectivity index (χ3n) is 3.19. The molecule has 1 unspecified atom stereocenters. The number of thiazole rings is 1. The van der Waals surface area contributed by atoms with Gasteiger partial charge in [-0.05, 0) is 41.2 Å². The zero-order valence-electron chi connectivity index (χ0n) is 11.8. The molecule has 0 bridgehead atoms. The molecule has 4 heteroatoms. The third kappa shape index (κ3) is 4.37. The fraction of sp³-hybridized carbons (Fsp3) is 0.769. The van der Waals surface area contributed by atoms with Gasteiger partial charge in [0, 0.05) is 24.4 Å². The van der Waals surface area contributed by atoms with Crippen molar-refractivity contribution in [1.29, 1.82) is 0 Å². The summed E-state index contributed by atoms with van der Waals surface area (Å²) in [6.45, 7) is 8.44. The number of likely N-dealkylation sites (N-methyl/N-ethyl adjacent to an activating group) is 1. The van der Waals surface area contributed by atoms with Crippen molar-refractivity contribution in [2.45, 2.75) is 52.2 Å². The molecule has 0 saturated heterocycles. The minimum atomic E-state index is -0.0883. The first kappa shape index (κ1) is 14.6. The fourth-order valence-electron chi connectivity index (χ4n) is 1.79. The number of hydrogen-bond acceptors (Lipinski definition) is 4. The fourth-order valence-corrected chi connectivity index (χ4v) is 2.80. The molecule has 0 aliphatic carbocycles. The topological polar surface area (TPSA) is 34.2 Å². The zero-order valence-corrected chi connectivity index (χ0v) is 12.6. The quantitative estimate of drug-likeness (QED) is 0.850. The van der Waals surface area contributed by atoms with Crippen LogP contribution in [0.15, 0.2) is 0 Å². The Morgan fingerprint density at radius 1 is 1.41 bits per heavy atom. The van der Waals surface area contributed by atoms with Crippen molar-refractivity contribution >= 4 is 11.3 Å². The van der Waals surface area contributed by atoms with Crippen LogP contribution in [0.4, 0.5) is 0 Å². The first-order valence-electron chi connectivity index (χ1n) is 6.03. The Labute approximate surface area is 109 Å². The Kier molecular flexibility index (Phi) is 5.10. The lowest BCUT2D eigenvalue weighted by Gasteiger charge is -2.28. The molecule has 0 radical (unpaired) electrons. The van der Waals surface area contributed by atoms with Crippen molar-refractivity contribution in [2.75, 3.05) is 14.2 Å². The van der Waals surface area contributed by atoms with E-state index in [0.717, 1.165) is 18.5 Å². The smallest absolute Gasteiger partial charge is 0.0946 e. The molecule has 1 N–H and O–H groups in total. The predicted octanol–water partition coefficient (Wildman–Crippen LogP) is 2.71. The second-order valence-corrected chi connectivity index (χ2v) is 6.39. The average Bonchev–Trinajstić information content (AvgIpc) is 2.57. The van der Waals surface area contributed by atoms with Gasteiger partial charge >= 0.3 is 0 Å². The molecule has 0 spiro atoms. The Morgan fingerprint density at radius 3 is 2.47 bits per heavy atom. The molecule has 0 aliphatic heterocycles. The lowest BCUT2D eigenvalue weighted by molar-refractivity contribution is 0.00772. The van der Waals surface area contributed by atoms with E-state index in [9.17, 15) is 0 Å². The highest BCUT2D eigenvalue weighted by Crippen LogP contribution is 2.22. The molecule has 98 valence electrons. The maximum Gasteiger partial charge on any atom is 0.0946 e. The Balaban J connectivity index is 2.64. The van der Waals surface area contributed by atoms with Crippen LogP contribution in [0, 0.1) is 13.8 Å². The number of nitrogens with one attached hydrogen (secondary N) is 1. The van der Waals surface area contributed by atoms with Gasteiger partial charge in [-0.3, -0.25) is 0 Å². The van der Waals surface area contributed by atoms with Gasteiger partial charge in [0.1, 0.15) is 0 Å². The summed E-state index contributed by atoms with van der Waals surface area (Å²) in [5.41, 5.74) is 1.07. The summed E-state index contributed by atoms with van der Waals surface area (Å²) in [4.78, 5) is 5.91. The molecule has 0 amide bonds. The van der Waals surface area contributed by atoms with Crippen molar-refractivity contribution in [3.05, 3.63) is 15.6 Å².